The summed E-state index contributed by atoms with van der Waals surface area (Å²) in [7, 11) is 1.35. The molecule has 0 radical (unpaired) electrons. The van der Waals surface area contributed by atoms with Gasteiger partial charge in [-0.1, -0.05) is 148 Å². The lowest BCUT2D eigenvalue weighted by atomic mass is 9.91. The van der Waals surface area contributed by atoms with Crippen LogP contribution in [0, 0.1) is 0 Å². The van der Waals surface area contributed by atoms with Crippen LogP contribution in [0.1, 0.15) is 70.8 Å². The molecule has 3 rings (SSSR count). The normalized spacial score (nSPS) is 11.9. The van der Waals surface area contributed by atoms with Gasteiger partial charge in [0, 0.05) is 20.3 Å². The third-order valence-corrected chi connectivity index (χ3v) is 6.75. The van der Waals surface area contributed by atoms with Crippen LogP contribution in [-0.2, 0) is 25.5 Å². The van der Waals surface area contributed by atoms with E-state index in [9.17, 15) is 9.59 Å². The van der Waals surface area contributed by atoms with Gasteiger partial charge in [-0.3, -0.25) is 9.59 Å². The average molecular weight is 619 g/mol. The van der Waals surface area contributed by atoms with Gasteiger partial charge in [0.25, 0.3) is 0 Å². The van der Waals surface area contributed by atoms with Gasteiger partial charge in [-0.25, -0.2) is 0 Å². The summed E-state index contributed by atoms with van der Waals surface area (Å²) >= 11 is 0. The molecule has 4 nitrogen and oxygen atoms in total. The molecule has 0 spiro atoms. The van der Waals surface area contributed by atoms with Crippen molar-refractivity contribution < 1.29 is 19.1 Å². The summed E-state index contributed by atoms with van der Waals surface area (Å²) in [4.78, 5) is 21.6. The van der Waals surface area contributed by atoms with Crippen molar-refractivity contribution in [2.24, 2.45) is 0 Å². The minimum atomic E-state index is -0.403. The second kappa shape index (κ2) is 22.5. The van der Waals surface area contributed by atoms with Crippen molar-refractivity contribution in [3.8, 4) is 11.1 Å². The van der Waals surface area contributed by atoms with E-state index in [0.29, 0.717) is 12.8 Å². The lowest BCUT2D eigenvalue weighted by Gasteiger charge is -2.21. The summed E-state index contributed by atoms with van der Waals surface area (Å²) in [5, 5.41) is 0. The molecule has 4 heteroatoms. The van der Waals surface area contributed by atoms with Crippen molar-refractivity contribution in [1.29, 1.82) is 0 Å². The van der Waals surface area contributed by atoms with Crippen molar-refractivity contribution in [3.63, 3.8) is 0 Å². The first-order valence-corrected chi connectivity index (χ1v) is 15.6. The lowest BCUT2D eigenvalue weighted by Crippen LogP contribution is -2.11. The van der Waals surface area contributed by atoms with Gasteiger partial charge >= 0.3 is 11.9 Å². The fraction of sp³-hybridized carbons (Fsp3) is 0.238. The maximum atomic E-state index is 12.1. The number of allylic oxidation sites excluding steroid dienone is 9. The van der Waals surface area contributed by atoms with Gasteiger partial charge in [0.05, 0.1) is 7.11 Å². The molecule has 3 aromatic rings. The van der Waals surface area contributed by atoms with Crippen LogP contribution in [0.15, 0.2) is 146 Å². The molecule has 46 heavy (non-hydrogen) atoms. The fourth-order valence-electron chi connectivity index (χ4n) is 4.31. The summed E-state index contributed by atoms with van der Waals surface area (Å²) in [5.74, 6) is -0.546. The van der Waals surface area contributed by atoms with E-state index in [1.807, 2.05) is 75.4 Å². The molecule has 0 heterocycles. The molecule has 242 valence electrons. The first-order chi connectivity index (χ1) is 22.2. The third kappa shape index (κ3) is 14.7. The number of benzene rings is 3. The highest BCUT2D eigenvalue weighted by molar-refractivity contribution is 5.67. The number of ether oxygens (including phenoxy) is 2. The second-order valence-corrected chi connectivity index (χ2v) is 10.2. The maximum absolute atomic E-state index is 12.1. The number of hydrogen-bond donors (Lipinski definition) is 0. The monoisotopic (exact) mass is 618 g/mol. The van der Waals surface area contributed by atoms with Crippen LogP contribution < -0.4 is 0 Å². The summed E-state index contributed by atoms with van der Waals surface area (Å²) in [6.45, 7) is 19.0. The summed E-state index contributed by atoms with van der Waals surface area (Å²) in [6, 6.07) is 27.1. The van der Waals surface area contributed by atoms with Gasteiger partial charge in [0.1, 0.15) is 6.10 Å². The van der Waals surface area contributed by atoms with E-state index in [0.717, 1.165) is 27.8 Å². The Morgan fingerprint density at radius 2 is 1.37 bits per heavy atom. The molecule has 0 saturated heterocycles. The SMILES string of the molecule is C=C/C=C\C=C(/C)c1ccc(CC(=C)/C(=C\C=C/C)CC(OC(C)=O)c2ccc(-c3ccccc3)cc2)cc1.CC.COC(C)=O. The van der Waals surface area contributed by atoms with Crippen LogP contribution in [0.5, 0.6) is 0 Å². The molecular weight excluding hydrogens is 568 g/mol. The minimum Gasteiger partial charge on any atom is -0.469 e. The summed E-state index contributed by atoms with van der Waals surface area (Å²) < 4.78 is 9.92. The molecule has 0 aliphatic heterocycles. The lowest BCUT2D eigenvalue weighted by molar-refractivity contribution is -0.146. The molecule has 0 aliphatic rings. The number of carbonyl (C=O) groups is 2. The van der Waals surface area contributed by atoms with Crippen molar-refractivity contribution in [2.75, 3.05) is 7.11 Å². The molecule has 0 saturated carbocycles. The Hall–Kier alpha value is -4.96. The maximum Gasteiger partial charge on any atom is 0.303 e. The van der Waals surface area contributed by atoms with Crippen LogP contribution in [0.2, 0.25) is 0 Å². The summed E-state index contributed by atoms with van der Waals surface area (Å²) in [5.41, 5.74) is 8.84. The molecule has 0 aliphatic carbocycles. The van der Waals surface area contributed by atoms with Crippen molar-refractivity contribution in [3.05, 3.63) is 162 Å². The van der Waals surface area contributed by atoms with E-state index in [1.54, 1.807) is 6.08 Å². The van der Waals surface area contributed by atoms with Crippen molar-refractivity contribution in [1.82, 2.24) is 0 Å². The molecule has 0 N–H and O–H groups in total. The quantitative estimate of drug-likeness (QED) is 0.150. The zero-order chi connectivity index (χ0) is 34.3. The van der Waals surface area contributed by atoms with Crippen LogP contribution in [0.25, 0.3) is 16.7 Å². The minimum absolute atomic E-state index is 0.245. The molecule has 0 aromatic heterocycles. The van der Waals surface area contributed by atoms with Crippen LogP contribution in [0.4, 0.5) is 0 Å². The molecule has 1 atom stereocenters. The average Bonchev–Trinajstić information content (AvgIpc) is 3.08. The zero-order valence-electron chi connectivity index (χ0n) is 28.6. The highest BCUT2D eigenvalue weighted by Gasteiger charge is 2.19. The summed E-state index contributed by atoms with van der Waals surface area (Å²) in [6.07, 6.45) is 14.7. The molecule has 3 aromatic carbocycles. The Morgan fingerprint density at radius 3 is 1.89 bits per heavy atom. The van der Waals surface area contributed by atoms with E-state index in [1.165, 1.54) is 37.7 Å². The highest BCUT2D eigenvalue weighted by atomic mass is 16.5. The van der Waals surface area contributed by atoms with Crippen LogP contribution in [-0.4, -0.2) is 19.0 Å². The highest BCUT2D eigenvalue weighted by Crippen LogP contribution is 2.31. The Labute approximate surface area is 277 Å². The van der Waals surface area contributed by atoms with Crippen molar-refractivity contribution in [2.45, 2.75) is 60.5 Å². The zero-order valence-corrected chi connectivity index (χ0v) is 28.6. The van der Waals surface area contributed by atoms with Gasteiger partial charge in [0.2, 0.25) is 0 Å². The van der Waals surface area contributed by atoms with E-state index >= 15 is 0 Å². The molecule has 1 unspecified atom stereocenters. The standard InChI is InChI=1S/C37H38O2.C3H6O2.C2H6/c1-6-8-11-14-28(3)32-20-18-31(19-21-32)26-29(4)36(15-9-7-2)27-37(39-30(5)38)35-24-22-34(23-25-35)33-16-12-10-13-17-33;1-3(4)5-2;1-2/h6-25,37H,1,4,26-27H2,2-3,5H3;1-2H3;1-2H3/b9-7-,11-8-,28-14+,36-15-;;. The van der Waals surface area contributed by atoms with E-state index in [4.69, 9.17) is 4.74 Å². The van der Waals surface area contributed by atoms with E-state index < -0.39 is 6.10 Å². The number of methoxy groups -OCH3 is 1. The topological polar surface area (TPSA) is 52.6 Å². The van der Waals surface area contributed by atoms with Gasteiger partial charge in [-0.2, -0.15) is 0 Å². The Balaban J connectivity index is 0.00000137. The van der Waals surface area contributed by atoms with E-state index in [2.05, 4.69) is 85.5 Å². The molecular formula is C42H50O4. The second-order valence-electron chi connectivity index (χ2n) is 10.2. The number of hydrogen-bond acceptors (Lipinski definition) is 4. The van der Waals surface area contributed by atoms with Crippen LogP contribution >= 0.6 is 0 Å². The van der Waals surface area contributed by atoms with Gasteiger partial charge < -0.3 is 9.47 Å². The molecule has 0 bridgehead atoms. The predicted octanol–water partition coefficient (Wildman–Crippen LogP) is 11.0. The Bertz CT molecular complexity index is 1490. The third-order valence-electron chi connectivity index (χ3n) is 6.75. The van der Waals surface area contributed by atoms with Gasteiger partial charge in [-0.15, -0.1) is 0 Å². The predicted molar refractivity (Wildman–Crippen MR) is 195 cm³/mol. The number of esters is 2. The Morgan fingerprint density at radius 1 is 0.783 bits per heavy atom. The van der Waals surface area contributed by atoms with Crippen molar-refractivity contribution >= 4 is 17.5 Å². The molecule has 0 amide bonds. The van der Waals surface area contributed by atoms with E-state index in [-0.39, 0.29) is 11.9 Å². The first kappa shape index (κ1) is 39.1. The number of carbonyl (C=O) groups excluding carboxylic acids is 2. The smallest absolute Gasteiger partial charge is 0.303 e. The number of rotatable bonds is 12. The first-order valence-electron chi connectivity index (χ1n) is 15.6. The van der Waals surface area contributed by atoms with Crippen LogP contribution in [0.3, 0.4) is 0 Å². The molecule has 0 fully saturated rings. The largest absolute Gasteiger partial charge is 0.469 e. The Kier molecular flexibility index (Phi) is 19.1. The van der Waals surface area contributed by atoms with Gasteiger partial charge in [0.15, 0.2) is 0 Å². The fourth-order valence-corrected chi connectivity index (χ4v) is 4.31. The van der Waals surface area contributed by atoms with Gasteiger partial charge in [-0.05, 0) is 64.8 Å².